The SMILES string of the molecule is COc1ccc(CN(C)c2ncnc3[nH]nc(SC)c23)cc1OC. The van der Waals surface area contributed by atoms with Crippen LogP contribution in [0.15, 0.2) is 29.6 Å². The minimum atomic E-state index is 0.672. The van der Waals surface area contributed by atoms with Gasteiger partial charge in [-0.15, -0.1) is 11.8 Å². The summed E-state index contributed by atoms with van der Waals surface area (Å²) in [5.41, 5.74) is 1.83. The zero-order valence-corrected chi connectivity index (χ0v) is 14.8. The van der Waals surface area contributed by atoms with Gasteiger partial charge in [-0.3, -0.25) is 5.10 Å². The Morgan fingerprint density at radius 1 is 1.17 bits per heavy atom. The Bertz CT molecular complexity index is 852. The first-order valence-electron chi connectivity index (χ1n) is 7.33. The van der Waals surface area contributed by atoms with Crippen LogP contribution in [0.1, 0.15) is 5.56 Å². The van der Waals surface area contributed by atoms with Crippen LogP contribution < -0.4 is 14.4 Å². The number of H-pyrrole nitrogens is 1. The van der Waals surface area contributed by atoms with Crippen molar-refractivity contribution >= 4 is 28.6 Å². The Kier molecular flexibility index (Phi) is 4.75. The van der Waals surface area contributed by atoms with E-state index in [-0.39, 0.29) is 0 Å². The number of anilines is 1. The van der Waals surface area contributed by atoms with Crippen LogP contribution >= 0.6 is 11.8 Å². The molecule has 126 valence electrons. The van der Waals surface area contributed by atoms with E-state index in [0.29, 0.717) is 18.0 Å². The van der Waals surface area contributed by atoms with Gasteiger partial charge in [0.05, 0.1) is 19.6 Å². The predicted octanol–water partition coefficient (Wildman–Crippen LogP) is 2.73. The summed E-state index contributed by atoms with van der Waals surface area (Å²) in [5, 5.41) is 9.06. The molecule has 0 bridgehead atoms. The maximum Gasteiger partial charge on any atom is 0.161 e. The highest BCUT2D eigenvalue weighted by molar-refractivity contribution is 7.98. The van der Waals surface area contributed by atoms with Gasteiger partial charge in [-0.25, -0.2) is 9.97 Å². The van der Waals surface area contributed by atoms with E-state index in [1.165, 1.54) is 0 Å². The summed E-state index contributed by atoms with van der Waals surface area (Å²) in [4.78, 5) is 10.8. The Labute approximate surface area is 144 Å². The van der Waals surface area contributed by atoms with Crippen molar-refractivity contribution in [2.24, 2.45) is 0 Å². The fourth-order valence-corrected chi connectivity index (χ4v) is 3.11. The standard InChI is InChI=1S/C16H19N5O2S/c1-21(8-10-5-6-11(22-2)12(7-10)23-3)15-13-14(17-9-18-15)19-20-16(13)24-4/h5-7,9H,8H2,1-4H3,(H,17,18,19,20). The molecule has 0 aliphatic rings. The van der Waals surface area contributed by atoms with Gasteiger partial charge in [-0.05, 0) is 24.0 Å². The number of hydrogen-bond donors (Lipinski definition) is 1. The molecule has 1 aromatic carbocycles. The molecule has 0 fully saturated rings. The van der Waals surface area contributed by atoms with Crippen LogP contribution in [0, 0.1) is 0 Å². The lowest BCUT2D eigenvalue weighted by atomic mass is 10.2. The van der Waals surface area contributed by atoms with Gasteiger partial charge >= 0.3 is 0 Å². The molecule has 0 aliphatic heterocycles. The number of aromatic nitrogens is 4. The number of rotatable bonds is 6. The Hall–Kier alpha value is -2.48. The normalized spacial score (nSPS) is 10.8. The van der Waals surface area contributed by atoms with Crippen molar-refractivity contribution in [2.45, 2.75) is 11.6 Å². The first-order valence-corrected chi connectivity index (χ1v) is 8.55. The molecule has 0 radical (unpaired) electrons. The number of thioether (sulfide) groups is 1. The number of nitrogens with zero attached hydrogens (tertiary/aromatic N) is 4. The molecule has 0 saturated heterocycles. The van der Waals surface area contributed by atoms with Crippen molar-refractivity contribution in [3.05, 3.63) is 30.1 Å². The molecule has 2 heterocycles. The van der Waals surface area contributed by atoms with E-state index < -0.39 is 0 Å². The Balaban J connectivity index is 1.93. The van der Waals surface area contributed by atoms with Crippen LogP contribution in [0.2, 0.25) is 0 Å². The van der Waals surface area contributed by atoms with Crippen LogP contribution in [-0.2, 0) is 6.54 Å². The average molecular weight is 345 g/mol. The molecule has 0 aliphatic carbocycles. The zero-order valence-electron chi connectivity index (χ0n) is 14.0. The summed E-state index contributed by atoms with van der Waals surface area (Å²) in [6.45, 7) is 0.672. The summed E-state index contributed by atoms with van der Waals surface area (Å²) < 4.78 is 10.7. The maximum absolute atomic E-state index is 5.37. The van der Waals surface area contributed by atoms with E-state index in [9.17, 15) is 0 Å². The van der Waals surface area contributed by atoms with Crippen LogP contribution in [0.3, 0.4) is 0 Å². The highest BCUT2D eigenvalue weighted by Gasteiger charge is 2.16. The van der Waals surface area contributed by atoms with Crippen molar-refractivity contribution in [2.75, 3.05) is 32.4 Å². The minimum Gasteiger partial charge on any atom is -0.493 e. The summed E-state index contributed by atoms with van der Waals surface area (Å²) in [5.74, 6) is 2.27. The van der Waals surface area contributed by atoms with Crippen LogP contribution in [0.5, 0.6) is 11.5 Å². The third-order valence-electron chi connectivity index (χ3n) is 3.73. The third kappa shape index (κ3) is 2.96. The fourth-order valence-electron chi connectivity index (χ4n) is 2.58. The number of ether oxygens (including phenoxy) is 2. The van der Waals surface area contributed by atoms with Gasteiger partial charge < -0.3 is 14.4 Å². The first-order chi connectivity index (χ1) is 11.7. The molecule has 0 spiro atoms. The Morgan fingerprint density at radius 2 is 1.96 bits per heavy atom. The molecule has 0 amide bonds. The summed E-state index contributed by atoms with van der Waals surface area (Å²) in [7, 11) is 5.26. The lowest BCUT2D eigenvalue weighted by molar-refractivity contribution is 0.354. The maximum atomic E-state index is 5.37. The zero-order chi connectivity index (χ0) is 17.1. The number of benzene rings is 1. The Morgan fingerprint density at radius 3 is 2.67 bits per heavy atom. The molecule has 3 rings (SSSR count). The van der Waals surface area contributed by atoms with Gasteiger partial charge in [-0.1, -0.05) is 6.07 Å². The number of methoxy groups -OCH3 is 2. The number of nitrogens with one attached hydrogen (secondary N) is 1. The molecule has 0 saturated carbocycles. The van der Waals surface area contributed by atoms with Gasteiger partial charge in [0.25, 0.3) is 0 Å². The van der Waals surface area contributed by atoms with Gasteiger partial charge in [0.2, 0.25) is 0 Å². The summed E-state index contributed by atoms with van der Waals surface area (Å²) >= 11 is 1.57. The van der Waals surface area contributed by atoms with Crippen molar-refractivity contribution in [1.29, 1.82) is 0 Å². The fraction of sp³-hybridized carbons (Fsp3) is 0.312. The van der Waals surface area contributed by atoms with E-state index >= 15 is 0 Å². The monoisotopic (exact) mass is 345 g/mol. The number of aromatic amines is 1. The van der Waals surface area contributed by atoms with Gasteiger partial charge in [0.15, 0.2) is 17.1 Å². The summed E-state index contributed by atoms with van der Waals surface area (Å²) in [6, 6.07) is 5.89. The second-order valence-electron chi connectivity index (χ2n) is 5.20. The molecule has 24 heavy (non-hydrogen) atoms. The lowest BCUT2D eigenvalue weighted by Gasteiger charge is -2.19. The number of hydrogen-bond acceptors (Lipinski definition) is 7. The van der Waals surface area contributed by atoms with Gasteiger partial charge in [0.1, 0.15) is 17.2 Å². The molecule has 8 heteroatoms. The second kappa shape index (κ2) is 6.96. The van der Waals surface area contributed by atoms with Crippen molar-refractivity contribution in [3.63, 3.8) is 0 Å². The average Bonchev–Trinajstić information content (AvgIpc) is 3.04. The first kappa shape index (κ1) is 16.4. The molecular formula is C16H19N5O2S. The topological polar surface area (TPSA) is 76.2 Å². The molecule has 2 aromatic heterocycles. The molecular weight excluding hydrogens is 326 g/mol. The quantitative estimate of drug-likeness (QED) is 0.688. The summed E-state index contributed by atoms with van der Waals surface area (Å²) in [6.07, 6.45) is 3.53. The predicted molar refractivity (Wildman–Crippen MR) is 95.1 cm³/mol. The van der Waals surface area contributed by atoms with E-state index in [4.69, 9.17) is 9.47 Å². The van der Waals surface area contributed by atoms with Crippen molar-refractivity contribution in [1.82, 2.24) is 20.2 Å². The lowest BCUT2D eigenvalue weighted by Crippen LogP contribution is -2.18. The second-order valence-corrected chi connectivity index (χ2v) is 5.99. The van der Waals surface area contributed by atoms with Gasteiger partial charge in [-0.2, -0.15) is 5.10 Å². The third-order valence-corrected chi connectivity index (χ3v) is 4.41. The van der Waals surface area contributed by atoms with Crippen LogP contribution in [0.25, 0.3) is 11.0 Å². The largest absolute Gasteiger partial charge is 0.493 e. The highest BCUT2D eigenvalue weighted by Crippen LogP contribution is 2.31. The molecule has 7 nitrogen and oxygen atoms in total. The van der Waals surface area contributed by atoms with Gasteiger partial charge in [0, 0.05) is 13.6 Å². The van der Waals surface area contributed by atoms with E-state index in [0.717, 1.165) is 27.4 Å². The molecule has 0 atom stereocenters. The van der Waals surface area contributed by atoms with Crippen LogP contribution in [0.4, 0.5) is 5.82 Å². The van der Waals surface area contributed by atoms with E-state index in [1.54, 1.807) is 32.3 Å². The van der Waals surface area contributed by atoms with E-state index in [1.807, 2.05) is 31.5 Å². The molecule has 3 aromatic rings. The minimum absolute atomic E-state index is 0.672. The smallest absolute Gasteiger partial charge is 0.161 e. The molecule has 1 N–H and O–H groups in total. The van der Waals surface area contributed by atoms with Crippen molar-refractivity contribution in [3.8, 4) is 11.5 Å². The van der Waals surface area contributed by atoms with E-state index in [2.05, 4.69) is 25.1 Å². The number of fused-ring (bicyclic) bond motifs is 1. The van der Waals surface area contributed by atoms with Crippen molar-refractivity contribution < 1.29 is 9.47 Å². The molecule has 0 unspecified atom stereocenters. The van der Waals surface area contributed by atoms with Crippen LogP contribution in [-0.4, -0.2) is 47.7 Å². The highest BCUT2D eigenvalue weighted by atomic mass is 32.2.